The number of nitro benzene ring substituents is 1. The first-order valence-electron chi connectivity index (χ1n) is 4.84. The van der Waals surface area contributed by atoms with Crippen molar-refractivity contribution in [2.75, 3.05) is 14.1 Å². The lowest BCUT2D eigenvalue weighted by molar-refractivity contribution is -0.384. The van der Waals surface area contributed by atoms with E-state index >= 15 is 0 Å². The summed E-state index contributed by atoms with van der Waals surface area (Å²) in [5, 5.41) is 18.5. The minimum atomic E-state index is -0.397. The Kier molecular flexibility index (Phi) is 2.57. The lowest BCUT2D eigenvalue weighted by Gasteiger charge is -2.06. The van der Waals surface area contributed by atoms with E-state index in [0.717, 1.165) is 16.6 Å². The summed E-state index contributed by atoms with van der Waals surface area (Å²) < 4.78 is 0. The zero-order chi connectivity index (χ0) is 11.7. The maximum Gasteiger partial charge on any atom is 0.270 e. The van der Waals surface area contributed by atoms with E-state index in [1.807, 2.05) is 19.0 Å². The van der Waals surface area contributed by atoms with Crippen LogP contribution in [0.3, 0.4) is 0 Å². The van der Waals surface area contributed by atoms with Gasteiger partial charge in [-0.15, -0.1) is 0 Å². The molecule has 0 bridgehead atoms. The SMILES string of the molecule is CN(C)Cc1[nH]nc2ccc([N+](=O)[O-])cc12. The van der Waals surface area contributed by atoms with Gasteiger partial charge >= 0.3 is 0 Å². The van der Waals surface area contributed by atoms with E-state index in [9.17, 15) is 10.1 Å². The van der Waals surface area contributed by atoms with Crippen LogP contribution in [-0.4, -0.2) is 34.1 Å². The van der Waals surface area contributed by atoms with Crippen molar-refractivity contribution in [3.05, 3.63) is 34.0 Å². The highest BCUT2D eigenvalue weighted by Crippen LogP contribution is 2.22. The maximum atomic E-state index is 10.7. The van der Waals surface area contributed by atoms with Crippen molar-refractivity contribution >= 4 is 16.6 Å². The van der Waals surface area contributed by atoms with Crippen LogP contribution in [0.2, 0.25) is 0 Å². The van der Waals surface area contributed by atoms with Crippen molar-refractivity contribution in [2.45, 2.75) is 6.54 Å². The topological polar surface area (TPSA) is 75.1 Å². The van der Waals surface area contributed by atoms with Gasteiger partial charge in [-0.3, -0.25) is 15.2 Å². The van der Waals surface area contributed by atoms with E-state index in [1.165, 1.54) is 6.07 Å². The van der Waals surface area contributed by atoms with Crippen LogP contribution in [0.15, 0.2) is 18.2 Å². The number of aromatic nitrogens is 2. The van der Waals surface area contributed by atoms with Crippen LogP contribution in [0, 0.1) is 10.1 Å². The molecule has 84 valence electrons. The number of hydrogen-bond acceptors (Lipinski definition) is 4. The number of aromatic amines is 1. The number of H-pyrrole nitrogens is 1. The number of rotatable bonds is 3. The molecule has 0 amide bonds. The molecule has 2 rings (SSSR count). The minimum Gasteiger partial charge on any atom is -0.304 e. The summed E-state index contributed by atoms with van der Waals surface area (Å²) in [5.41, 5.74) is 1.74. The summed E-state index contributed by atoms with van der Waals surface area (Å²) >= 11 is 0. The molecule has 6 nitrogen and oxygen atoms in total. The van der Waals surface area contributed by atoms with E-state index in [4.69, 9.17) is 0 Å². The number of hydrogen-bond donors (Lipinski definition) is 1. The van der Waals surface area contributed by atoms with Gasteiger partial charge in [0.2, 0.25) is 0 Å². The fourth-order valence-corrected chi connectivity index (χ4v) is 1.60. The monoisotopic (exact) mass is 220 g/mol. The van der Waals surface area contributed by atoms with Crippen molar-refractivity contribution in [1.82, 2.24) is 15.1 Å². The molecule has 1 heterocycles. The van der Waals surface area contributed by atoms with Gasteiger partial charge < -0.3 is 4.90 Å². The van der Waals surface area contributed by atoms with Gasteiger partial charge in [-0.25, -0.2) is 0 Å². The summed E-state index contributed by atoms with van der Waals surface area (Å²) in [6, 6.07) is 4.67. The van der Waals surface area contributed by atoms with E-state index in [-0.39, 0.29) is 5.69 Å². The molecule has 0 spiro atoms. The van der Waals surface area contributed by atoms with E-state index in [2.05, 4.69) is 10.2 Å². The molecule has 0 saturated heterocycles. The molecule has 0 atom stereocenters. The average molecular weight is 220 g/mol. The van der Waals surface area contributed by atoms with Gasteiger partial charge in [0.1, 0.15) is 0 Å². The molecule has 0 saturated carbocycles. The minimum absolute atomic E-state index is 0.0916. The summed E-state index contributed by atoms with van der Waals surface area (Å²) in [7, 11) is 3.87. The predicted molar refractivity (Wildman–Crippen MR) is 60.1 cm³/mol. The fourth-order valence-electron chi connectivity index (χ4n) is 1.60. The van der Waals surface area contributed by atoms with Crippen LogP contribution < -0.4 is 0 Å². The van der Waals surface area contributed by atoms with Crippen molar-refractivity contribution in [1.29, 1.82) is 0 Å². The number of benzene rings is 1. The normalized spacial score (nSPS) is 11.2. The van der Waals surface area contributed by atoms with Crippen LogP contribution in [0.1, 0.15) is 5.69 Å². The average Bonchev–Trinajstić information content (AvgIpc) is 2.60. The van der Waals surface area contributed by atoms with E-state index in [1.54, 1.807) is 12.1 Å². The highest BCUT2D eigenvalue weighted by Gasteiger charge is 2.11. The van der Waals surface area contributed by atoms with Crippen LogP contribution in [0.25, 0.3) is 10.9 Å². The second kappa shape index (κ2) is 3.90. The molecule has 2 aromatic rings. The fraction of sp³-hybridized carbons (Fsp3) is 0.300. The van der Waals surface area contributed by atoms with Crippen molar-refractivity contribution in [3.63, 3.8) is 0 Å². The molecule has 1 aromatic heterocycles. The van der Waals surface area contributed by atoms with Crippen molar-refractivity contribution in [3.8, 4) is 0 Å². The third kappa shape index (κ3) is 1.87. The lowest BCUT2D eigenvalue weighted by Crippen LogP contribution is -2.11. The van der Waals surface area contributed by atoms with Gasteiger partial charge in [-0.2, -0.15) is 5.10 Å². The molecular weight excluding hydrogens is 208 g/mol. The zero-order valence-corrected chi connectivity index (χ0v) is 9.10. The molecule has 1 aromatic carbocycles. The van der Waals surface area contributed by atoms with Crippen molar-refractivity contribution in [2.24, 2.45) is 0 Å². The second-order valence-corrected chi connectivity index (χ2v) is 3.90. The summed E-state index contributed by atoms with van der Waals surface area (Å²) in [4.78, 5) is 12.2. The first kappa shape index (κ1) is 10.6. The van der Waals surface area contributed by atoms with Gasteiger partial charge in [0.25, 0.3) is 5.69 Å². The first-order chi connectivity index (χ1) is 7.58. The van der Waals surface area contributed by atoms with Gasteiger partial charge in [-0.1, -0.05) is 0 Å². The number of fused-ring (bicyclic) bond motifs is 1. The molecule has 0 aliphatic carbocycles. The molecular formula is C10H12N4O2. The number of nitrogens with one attached hydrogen (secondary N) is 1. The second-order valence-electron chi connectivity index (χ2n) is 3.90. The zero-order valence-electron chi connectivity index (χ0n) is 9.10. The Hall–Kier alpha value is -1.95. The van der Waals surface area contributed by atoms with Crippen LogP contribution in [-0.2, 0) is 6.54 Å². The van der Waals surface area contributed by atoms with Crippen LogP contribution in [0.5, 0.6) is 0 Å². The van der Waals surface area contributed by atoms with Crippen LogP contribution >= 0.6 is 0 Å². The first-order valence-corrected chi connectivity index (χ1v) is 4.84. The van der Waals surface area contributed by atoms with Gasteiger partial charge in [0.15, 0.2) is 0 Å². The van der Waals surface area contributed by atoms with Crippen molar-refractivity contribution < 1.29 is 4.92 Å². The van der Waals surface area contributed by atoms with E-state index < -0.39 is 4.92 Å². The lowest BCUT2D eigenvalue weighted by atomic mass is 10.2. The molecule has 0 aliphatic heterocycles. The highest BCUT2D eigenvalue weighted by molar-refractivity contribution is 5.83. The number of nitro groups is 1. The number of nitrogens with zero attached hydrogens (tertiary/aromatic N) is 3. The maximum absolute atomic E-state index is 10.7. The Labute approximate surface area is 92.0 Å². The smallest absolute Gasteiger partial charge is 0.270 e. The summed E-state index contributed by atoms with van der Waals surface area (Å²) in [6.45, 7) is 0.678. The standard InChI is InChI=1S/C10H12N4O2/c1-13(2)6-10-8-5-7(14(15)16)3-4-9(8)11-12-10/h3-5H,6H2,1-2H3,(H,11,12). The third-order valence-corrected chi connectivity index (χ3v) is 2.30. The highest BCUT2D eigenvalue weighted by atomic mass is 16.6. The van der Waals surface area contributed by atoms with Gasteiger partial charge in [0, 0.05) is 24.1 Å². The van der Waals surface area contributed by atoms with Crippen LogP contribution in [0.4, 0.5) is 5.69 Å². The quantitative estimate of drug-likeness (QED) is 0.628. The largest absolute Gasteiger partial charge is 0.304 e. The molecule has 0 fully saturated rings. The Morgan fingerprint density at radius 2 is 2.25 bits per heavy atom. The summed E-state index contributed by atoms with van der Waals surface area (Å²) in [6.07, 6.45) is 0. The molecule has 0 unspecified atom stereocenters. The Morgan fingerprint density at radius 3 is 2.88 bits per heavy atom. The summed E-state index contributed by atoms with van der Waals surface area (Å²) in [5.74, 6) is 0. The molecule has 16 heavy (non-hydrogen) atoms. The van der Waals surface area contributed by atoms with Gasteiger partial charge in [0.05, 0.1) is 16.1 Å². The predicted octanol–water partition coefficient (Wildman–Crippen LogP) is 1.53. The third-order valence-electron chi connectivity index (χ3n) is 2.30. The molecule has 0 radical (unpaired) electrons. The molecule has 6 heteroatoms. The molecule has 0 aliphatic rings. The molecule has 1 N–H and O–H groups in total. The van der Waals surface area contributed by atoms with Gasteiger partial charge in [-0.05, 0) is 20.2 Å². The van der Waals surface area contributed by atoms with E-state index in [0.29, 0.717) is 6.54 Å². The number of non-ortho nitro benzene ring substituents is 1. The Morgan fingerprint density at radius 1 is 1.50 bits per heavy atom. The Bertz CT molecular complexity index is 533. The Balaban J connectivity index is 2.51.